The lowest BCUT2D eigenvalue weighted by atomic mass is 10.0. The average molecular weight is 280 g/mol. The number of hydrogen-bond acceptors (Lipinski definition) is 4. The lowest BCUT2D eigenvalue weighted by molar-refractivity contribution is 0.467. The molecular weight excluding hydrogens is 260 g/mol. The van der Waals surface area contributed by atoms with E-state index in [9.17, 15) is 8.42 Å². The van der Waals surface area contributed by atoms with Gasteiger partial charge in [-0.3, -0.25) is 0 Å². The molecule has 0 amide bonds. The van der Waals surface area contributed by atoms with Crippen LogP contribution in [0.3, 0.4) is 0 Å². The molecule has 1 aromatic carbocycles. The summed E-state index contributed by atoms with van der Waals surface area (Å²) in [6, 6.07) is 4.92. The number of benzene rings is 1. The summed E-state index contributed by atoms with van der Waals surface area (Å²) in [5.41, 5.74) is 7.79. The van der Waals surface area contributed by atoms with Crippen LogP contribution < -0.4 is 11.1 Å². The quantitative estimate of drug-likeness (QED) is 0.812. The molecule has 0 spiro atoms. The minimum Gasteiger partial charge on any atom is -0.397 e. The van der Waals surface area contributed by atoms with Crippen LogP contribution in [0.2, 0.25) is 0 Å². The van der Waals surface area contributed by atoms with Gasteiger partial charge in [0.05, 0.1) is 16.3 Å². The Morgan fingerprint density at radius 2 is 2.05 bits per heavy atom. The van der Waals surface area contributed by atoms with Gasteiger partial charge in [-0.05, 0) is 55.2 Å². The van der Waals surface area contributed by atoms with Crippen molar-refractivity contribution in [2.45, 2.75) is 30.6 Å². The fraction of sp³-hybridized carbons (Fsp3) is 0.571. The molecule has 19 heavy (non-hydrogen) atoms. The average Bonchev–Trinajstić information content (AvgIpc) is 3.18. The van der Waals surface area contributed by atoms with Crippen molar-refractivity contribution in [3.05, 3.63) is 18.2 Å². The Morgan fingerprint density at radius 3 is 2.53 bits per heavy atom. The number of rotatable bonds is 5. The molecule has 0 saturated heterocycles. The van der Waals surface area contributed by atoms with Gasteiger partial charge in [0.2, 0.25) is 0 Å². The monoisotopic (exact) mass is 280 g/mol. The third-order valence-corrected chi connectivity index (χ3v) is 5.53. The second-order valence-corrected chi connectivity index (χ2v) is 8.03. The highest BCUT2D eigenvalue weighted by Gasteiger charge is 2.53. The summed E-state index contributed by atoms with van der Waals surface area (Å²) in [6.45, 7) is 0.958. The molecule has 0 aromatic heterocycles. The van der Waals surface area contributed by atoms with Crippen LogP contribution in [0.5, 0.6) is 0 Å². The SMILES string of the molecule is CS(=O)(=O)c1ccc(NCC2(C3CC3)CC2)c(N)c1. The molecule has 4 nitrogen and oxygen atoms in total. The summed E-state index contributed by atoms with van der Waals surface area (Å²) in [6.07, 6.45) is 6.55. The highest BCUT2D eigenvalue weighted by atomic mass is 32.2. The minimum atomic E-state index is -3.18. The molecule has 2 aliphatic carbocycles. The van der Waals surface area contributed by atoms with Gasteiger partial charge in [-0.25, -0.2) is 8.42 Å². The summed E-state index contributed by atoms with van der Waals surface area (Å²) >= 11 is 0. The van der Waals surface area contributed by atoms with Crippen LogP contribution in [0.25, 0.3) is 0 Å². The Hall–Kier alpha value is -1.23. The molecule has 0 radical (unpaired) electrons. The van der Waals surface area contributed by atoms with Crippen LogP contribution in [0.1, 0.15) is 25.7 Å². The standard InChI is InChI=1S/C14H20N2O2S/c1-19(17,18)11-4-5-13(12(15)8-11)16-9-14(6-7-14)10-2-3-10/h4-5,8,10,16H,2-3,6-7,9,15H2,1H3. The molecular formula is C14H20N2O2S. The van der Waals surface area contributed by atoms with E-state index in [4.69, 9.17) is 5.73 Å². The number of sulfone groups is 1. The van der Waals surface area contributed by atoms with Crippen molar-refractivity contribution in [1.29, 1.82) is 0 Å². The van der Waals surface area contributed by atoms with Crippen LogP contribution in [-0.2, 0) is 9.84 Å². The first-order chi connectivity index (χ1) is 8.91. The highest BCUT2D eigenvalue weighted by Crippen LogP contribution is 2.61. The Balaban J connectivity index is 1.71. The molecule has 1 aromatic rings. The molecule has 2 saturated carbocycles. The third-order valence-electron chi connectivity index (χ3n) is 4.42. The van der Waals surface area contributed by atoms with Crippen molar-refractivity contribution < 1.29 is 8.42 Å². The number of nitrogen functional groups attached to an aromatic ring is 1. The summed E-state index contributed by atoms with van der Waals surface area (Å²) in [7, 11) is -3.18. The first kappa shape index (κ1) is 12.8. The molecule has 3 N–H and O–H groups in total. The van der Waals surface area contributed by atoms with Gasteiger partial charge in [0.1, 0.15) is 0 Å². The van der Waals surface area contributed by atoms with E-state index in [0.717, 1.165) is 18.2 Å². The fourth-order valence-electron chi connectivity index (χ4n) is 2.79. The van der Waals surface area contributed by atoms with Gasteiger partial charge < -0.3 is 11.1 Å². The van der Waals surface area contributed by atoms with Crippen molar-refractivity contribution in [2.75, 3.05) is 23.9 Å². The largest absolute Gasteiger partial charge is 0.397 e. The molecule has 0 aliphatic heterocycles. The van der Waals surface area contributed by atoms with E-state index in [1.165, 1.54) is 38.0 Å². The first-order valence-corrected chi connectivity index (χ1v) is 8.63. The van der Waals surface area contributed by atoms with Gasteiger partial charge in [0.25, 0.3) is 0 Å². The highest BCUT2D eigenvalue weighted by molar-refractivity contribution is 7.90. The zero-order valence-electron chi connectivity index (χ0n) is 11.1. The second kappa shape index (κ2) is 4.13. The number of nitrogens with one attached hydrogen (secondary N) is 1. The van der Waals surface area contributed by atoms with E-state index in [2.05, 4.69) is 5.32 Å². The number of hydrogen-bond donors (Lipinski definition) is 2. The van der Waals surface area contributed by atoms with E-state index in [1.807, 2.05) is 0 Å². The van der Waals surface area contributed by atoms with Crippen molar-refractivity contribution in [3.8, 4) is 0 Å². The van der Waals surface area contributed by atoms with Crippen LogP contribution in [0, 0.1) is 11.3 Å². The Bertz CT molecular complexity index is 602. The maximum Gasteiger partial charge on any atom is 0.175 e. The summed E-state index contributed by atoms with van der Waals surface area (Å²) in [5, 5.41) is 3.40. The zero-order valence-corrected chi connectivity index (χ0v) is 12.0. The zero-order chi connectivity index (χ0) is 13.7. The van der Waals surface area contributed by atoms with Crippen LogP contribution >= 0.6 is 0 Å². The third kappa shape index (κ3) is 2.56. The van der Waals surface area contributed by atoms with Crippen LogP contribution in [0.15, 0.2) is 23.1 Å². The molecule has 3 rings (SSSR count). The molecule has 0 heterocycles. The van der Waals surface area contributed by atoms with E-state index < -0.39 is 9.84 Å². The van der Waals surface area contributed by atoms with Crippen molar-refractivity contribution in [3.63, 3.8) is 0 Å². The molecule has 0 unspecified atom stereocenters. The van der Waals surface area contributed by atoms with E-state index in [-0.39, 0.29) is 4.90 Å². The van der Waals surface area contributed by atoms with Crippen LogP contribution in [-0.4, -0.2) is 21.2 Å². The van der Waals surface area contributed by atoms with E-state index >= 15 is 0 Å². The topological polar surface area (TPSA) is 72.2 Å². The van der Waals surface area contributed by atoms with Crippen molar-refractivity contribution in [2.24, 2.45) is 11.3 Å². The lowest BCUT2D eigenvalue weighted by Crippen LogP contribution is -2.18. The van der Waals surface area contributed by atoms with Gasteiger partial charge in [-0.2, -0.15) is 0 Å². The molecule has 0 bridgehead atoms. The van der Waals surface area contributed by atoms with E-state index in [1.54, 1.807) is 12.1 Å². The maximum absolute atomic E-state index is 11.4. The van der Waals surface area contributed by atoms with E-state index in [0.29, 0.717) is 11.1 Å². The Labute approximate surface area is 114 Å². The first-order valence-electron chi connectivity index (χ1n) is 6.74. The predicted octanol–water partition coefficient (Wildman–Crippen LogP) is 2.27. The lowest BCUT2D eigenvalue weighted by Gasteiger charge is -2.17. The summed E-state index contributed by atoms with van der Waals surface area (Å²) < 4.78 is 22.9. The van der Waals surface area contributed by atoms with Gasteiger partial charge in [-0.15, -0.1) is 0 Å². The number of anilines is 2. The maximum atomic E-state index is 11.4. The van der Waals surface area contributed by atoms with Gasteiger partial charge in [0.15, 0.2) is 9.84 Å². The van der Waals surface area contributed by atoms with Gasteiger partial charge >= 0.3 is 0 Å². The molecule has 0 atom stereocenters. The second-order valence-electron chi connectivity index (χ2n) is 6.01. The normalized spacial score (nSPS) is 21.1. The molecule has 2 aliphatic rings. The molecule has 104 valence electrons. The predicted molar refractivity (Wildman–Crippen MR) is 76.8 cm³/mol. The van der Waals surface area contributed by atoms with Crippen molar-refractivity contribution >= 4 is 21.2 Å². The Morgan fingerprint density at radius 1 is 1.37 bits per heavy atom. The number of nitrogens with two attached hydrogens (primary N) is 1. The summed E-state index contributed by atoms with van der Waals surface area (Å²) in [5.74, 6) is 0.900. The van der Waals surface area contributed by atoms with Crippen LogP contribution in [0.4, 0.5) is 11.4 Å². The molecule has 2 fully saturated rings. The fourth-order valence-corrected chi connectivity index (χ4v) is 3.45. The van der Waals surface area contributed by atoms with Gasteiger partial charge in [-0.1, -0.05) is 0 Å². The Kier molecular flexibility index (Phi) is 2.78. The summed E-state index contributed by atoms with van der Waals surface area (Å²) in [4.78, 5) is 0.277. The van der Waals surface area contributed by atoms with Gasteiger partial charge in [0, 0.05) is 12.8 Å². The smallest absolute Gasteiger partial charge is 0.175 e. The molecule has 5 heteroatoms. The minimum absolute atomic E-state index is 0.277. The van der Waals surface area contributed by atoms with Crippen molar-refractivity contribution in [1.82, 2.24) is 0 Å².